The van der Waals surface area contributed by atoms with E-state index in [1.807, 2.05) is 19.1 Å². The number of alkyl halides is 1. The monoisotopic (exact) mass is 171 g/mol. The third-order valence-corrected chi connectivity index (χ3v) is 1.82. The van der Waals surface area contributed by atoms with Gasteiger partial charge in [-0.15, -0.1) is 0 Å². The summed E-state index contributed by atoms with van der Waals surface area (Å²) in [6.07, 6.45) is 1.18. The topological polar surface area (TPSA) is 39.2 Å². The normalized spacial score (nSPS) is 13.2. The Bertz CT molecular complexity index is 234. The Balaban J connectivity index is 2.61. The first kappa shape index (κ1) is 9.26. The summed E-state index contributed by atoms with van der Waals surface area (Å²) in [7, 11) is 0. The van der Waals surface area contributed by atoms with Crippen molar-refractivity contribution in [2.75, 3.05) is 6.67 Å². The quantitative estimate of drug-likeness (QED) is 0.754. The summed E-state index contributed by atoms with van der Waals surface area (Å²) in [5.41, 5.74) is 5.64. The van der Waals surface area contributed by atoms with Crippen LogP contribution in [0.3, 0.4) is 0 Å². The van der Waals surface area contributed by atoms with Crippen LogP contribution >= 0.6 is 0 Å². The third kappa shape index (κ3) is 2.08. The molecule has 0 unspecified atom stereocenters. The van der Waals surface area contributed by atoms with Crippen LogP contribution in [0.2, 0.25) is 0 Å². The van der Waals surface area contributed by atoms with Crippen molar-refractivity contribution in [3.63, 3.8) is 0 Å². The lowest BCUT2D eigenvalue weighted by Crippen LogP contribution is -2.09. The zero-order valence-corrected chi connectivity index (χ0v) is 7.22. The first-order valence-electron chi connectivity index (χ1n) is 4.18. The van der Waals surface area contributed by atoms with Crippen LogP contribution in [-0.2, 0) is 6.42 Å². The Morgan fingerprint density at radius 3 is 2.83 bits per heavy atom. The maximum absolute atomic E-state index is 11.9. The number of hydrogen-bond acceptors (Lipinski definition) is 2. The molecule has 1 aromatic heterocycles. The van der Waals surface area contributed by atoms with Crippen molar-refractivity contribution < 1.29 is 8.81 Å². The minimum atomic E-state index is -0.399. The number of halogens is 1. The van der Waals surface area contributed by atoms with Gasteiger partial charge in [0.05, 0.1) is 12.7 Å². The molecule has 2 nitrogen and oxygen atoms in total. The van der Waals surface area contributed by atoms with Gasteiger partial charge >= 0.3 is 0 Å². The Hall–Kier alpha value is -0.830. The maximum atomic E-state index is 11.9. The fraction of sp³-hybridized carbons (Fsp3) is 0.556. The van der Waals surface area contributed by atoms with Gasteiger partial charge in [0.15, 0.2) is 0 Å². The second kappa shape index (κ2) is 4.26. The molecule has 1 heterocycles. The number of nitrogens with two attached hydrogens (primary N) is 1. The molecule has 0 aromatic carbocycles. The van der Waals surface area contributed by atoms with E-state index in [1.54, 1.807) is 0 Å². The minimum Gasteiger partial charge on any atom is -0.464 e. The average Bonchev–Trinajstić information content (AvgIpc) is 2.52. The lowest BCUT2D eigenvalue weighted by molar-refractivity contribution is 0.385. The van der Waals surface area contributed by atoms with Crippen LogP contribution in [0.25, 0.3) is 0 Å². The van der Waals surface area contributed by atoms with Crippen LogP contribution in [0.4, 0.5) is 4.39 Å². The van der Waals surface area contributed by atoms with Crippen molar-refractivity contribution in [1.29, 1.82) is 0 Å². The molecule has 3 heteroatoms. The Morgan fingerprint density at radius 1 is 1.58 bits per heavy atom. The molecule has 68 valence electrons. The van der Waals surface area contributed by atoms with Crippen molar-refractivity contribution in [3.05, 3.63) is 23.7 Å². The first-order chi connectivity index (χ1) is 5.77. The largest absolute Gasteiger partial charge is 0.464 e. The van der Waals surface area contributed by atoms with Crippen LogP contribution < -0.4 is 5.73 Å². The summed E-state index contributed by atoms with van der Waals surface area (Å²) in [4.78, 5) is 0. The number of aryl methyl sites for hydroxylation is 1. The zero-order chi connectivity index (χ0) is 8.97. The standard InChI is InChI=1S/C9H14FNO/c1-2-7-3-4-9(12-7)8(11)5-6-10/h3-4,8H,2,5-6,11H2,1H3/t8-/m1/s1. The molecular formula is C9H14FNO. The van der Waals surface area contributed by atoms with Gasteiger partial charge in [0.1, 0.15) is 11.5 Å². The van der Waals surface area contributed by atoms with Crippen LogP contribution in [0.15, 0.2) is 16.5 Å². The predicted molar refractivity (Wildman–Crippen MR) is 45.6 cm³/mol. The summed E-state index contributed by atoms with van der Waals surface area (Å²) in [6.45, 7) is 1.60. The van der Waals surface area contributed by atoms with Gasteiger partial charge in [0, 0.05) is 6.42 Å². The predicted octanol–water partition coefficient (Wildman–Crippen LogP) is 2.20. The Kier molecular flexibility index (Phi) is 3.29. The van der Waals surface area contributed by atoms with E-state index in [2.05, 4.69) is 0 Å². The van der Waals surface area contributed by atoms with Crippen LogP contribution in [-0.4, -0.2) is 6.67 Å². The van der Waals surface area contributed by atoms with Gasteiger partial charge in [-0.05, 0) is 18.6 Å². The van der Waals surface area contributed by atoms with Gasteiger partial charge in [0.25, 0.3) is 0 Å². The van der Waals surface area contributed by atoms with Crippen LogP contribution in [0, 0.1) is 0 Å². The number of hydrogen-bond donors (Lipinski definition) is 1. The molecule has 12 heavy (non-hydrogen) atoms. The Morgan fingerprint density at radius 2 is 2.33 bits per heavy atom. The van der Waals surface area contributed by atoms with Crippen molar-refractivity contribution in [1.82, 2.24) is 0 Å². The SMILES string of the molecule is CCc1ccc([C@H](N)CCF)o1. The molecule has 1 rings (SSSR count). The van der Waals surface area contributed by atoms with E-state index in [9.17, 15) is 4.39 Å². The Labute approximate surface area is 71.6 Å². The van der Waals surface area contributed by atoms with Crippen molar-refractivity contribution >= 4 is 0 Å². The van der Waals surface area contributed by atoms with E-state index >= 15 is 0 Å². The van der Waals surface area contributed by atoms with Gasteiger partial charge in [-0.2, -0.15) is 0 Å². The minimum absolute atomic E-state index is 0.296. The van der Waals surface area contributed by atoms with E-state index < -0.39 is 6.67 Å². The lowest BCUT2D eigenvalue weighted by Gasteiger charge is -2.04. The van der Waals surface area contributed by atoms with Crippen molar-refractivity contribution in [2.45, 2.75) is 25.8 Å². The highest BCUT2D eigenvalue weighted by Gasteiger charge is 2.09. The van der Waals surface area contributed by atoms with Crippen LogP contribution in [0.1, 0.15) is 30.9 Å². The van der Waals surface area contributed by atoms with E-state index in [-0.39, 0.29) is 6.04 Å². The van der Waals surface area contributed by atoms with Crippen LogP contribution in [0.5, 0.6) is 0 Å². The van der Waals surface area contributed by atoms with Gasteiger partial charge < -0.3 is 10.2 Å². The molecule has 2 N–H and O–H groups in total. The lowest BCUT2D eigenvalue weighted by atomic mass is 10.2. The van der Waals surface area contributed by atoms with Gasteiger partial charge in [-0.1, -0.05) is 6.92 Å². The highest BCUT2D eigenvalue weighted by molar-refractivity contribution is 5.10. The molecule has 1 atom stereocenters. The number of rotatable bonds is 4. The highest BCUT2D eigenvalue weighted by atomic mass is 19.1. The van der Waals surface area contributed by atoms with Gasteiger partial charge in [-0.25, -0.2) is 0 Å². The molecule has 0 saturated heterocycles. The van der Waals surface area contributed by atoms with E-state index in [1.165, 1.54) is 0 Å². The average molecular weight is 171 g/mol. The summed E-state index contributed by atoms with van der Waals surface area (Å²) >= 11 is 0. The first-order valence-corrected chi connectivity index (χ1v) is 4.18. The molecule has 0 aliphatic heterocycles. The van der Waals surface area contributed by atoms with E-state index in [0.29, 0.717) is 12.2 Å². The molecule has 0 radical (unpaired) electrons. The molecule has 0 aliphatic carbocycles. The molecule has 0 aliphatic rings. The maximum Gasteiger partial charge on any atom is 0.120 e. The smallest absolute Gasteiger partial charge is 0.120 e. The molecule has 1 aromatic rings. The highest BCUT2D eigenvalue weighted by Crippen LogP contribution is 2.17. The van der Waals surface area contributed by atoms with Gasteiger partial charge in [-0.3, -0.25) is 4.39 Å². The second-order valence-corrected chi connectivity index (χ2v) is 2.74. The van der Waals surface area contributed by atoms with E-state index in [0.717, 1.165) is 12.2 Å². The zero-order valence-electron chi connectivity index (χ0n) is 7.22. The third-order valence-electron chi connectivity index (χ3n) is 1.82. The van der Waals surface area contributed by atoms with Gasteiger partial charge in [0.2, 0.25) is 0 Å². The molecular weight excluding hydrogens is 157 g/mol. The molecule has 0 saturated carbocycles. The fourth-order valence-corrected chi connectivity index (χ4v) is 1.04. The van der Waals surface area contributed by atoms with E-state index in [4.69, 9.17) is 10.2 Å². The molecule has 0 amide bonds. The van der Waals surface area contributed by atoms with Crippen molar-refractivity contribution in [3.8, 4) is 0 Å². The molecule has 0 bridgehead atoms. The fourth-order valence-electron chi connectivity index (χ4n) is 1.04. The molecule has 0 spiro atoms. The summed E-state index contributed by atoms with van der Waals surface area (Å²) < 4.78 is 17.3. The molecule has 0 fully saturated rings. The van der Waals surface area contributed by atoms with Crippen molar-refractivity contribution in [2.24, 2.45) is 5.73 Å². The summed E-state index contributed by atoms with van der Waals surface area (Å²) in [5.74, 6) is 1.59. The second-order valence-electron chi connectivity index (χ2n) is 2.74. The summed E-state index contributed by atoms with van der Waals surface area (Å²) in [6, 6.07) is 3.40. The number of furan rings is 1. The summed E-state index contributed by atoms with van der Waals surface area (Å²) in [5, 5.41) is 0.